The molecule has 0 atom stereocenters. The number of halogens is 1. The van der Waals surface area contributed by atoms with Crippen molar-refractivity contribution in [2.45, 2.75) is 0 Å². The van der Waals surface area contributed by atoms with Gasteiger partial charge in [0.2, 0.25) is 5.78 Å². The van der Waals surface area contributed by atoms with Crippen molar-refractivity contribution < 1.29 is 0 Å². The molecule has 0 amide bonds. The number of hydrogen-bond donors (Lipinski definition) is 0. The van der Waals surface area contributed by atoms with Crippen LogP contribution in [0.4, 0.5) is 0 Å². The van der Waals surface area contributed by atoms with E-state index >= 15 is 0 Å². The first kappa shape index (κ1) is 10.9. The second-order valence-electron chi connectivity index (χ2n) is 3.77. The lowest BCUT2D eigenvalue weighted by Crippen LogP contribution is -1.90. The summed E-state index contributed by atoms with van der Waals surface area (Å²) in [5.74, 6) is 0.651. The van der Waals surface area contributed by atoms with E-state index in [-0.39, 0.29) is 0 Å². The zero-order chi connectivity index (χ0) is 12.5. The summed E-state index contributed by atoms with van der Waals surface area (Å²) in [6, 6.07) is 9.50. The smallest absolute Gasteiger partial charge is 0.234 e. The van der Waals surface area contributed by atoms with Crippen LogP contribution in [-0.4, -0.2) is 14.4 Å². The highest BCUT2D eigenvalue weighted by atomic mass is 79.9. The maximum absolute atomic E-state index is 8.78. The van der Waals surface area contributed by atoms with E-state index in [1.165, 1.54) is 0 Å². The van der Waals surface area contributed by atoms with E-state index in [0.717, 1.165) is 15.7 Å². The van der Waals surface area contributed by atoms with Crippen LogP contribution in [0, 0.1) is 11.3 Å². The molecule has 0 fully saturated rings. The average Bonchev–Trinajstić information content (AvgIpc) is 2.82. The van der Waals surface area contributed by atoms with Gasteiger partial charge >= 0.3 is 0 Å². The Balaban J connectivity index is 2.19. The number of rotatable bonds is 1. The third-order valence-corrected chi connectivity index (χ3v) is 3.05. The van der Waals surface area contributed by atoms with Crippen LogP contribution in [0.2, 0.25) is 0 Å². The first-order chi connectivity index (χ1) is 8.78. The molecule has 3 aromatic rings. The van der Waals surface area contributed by atoms with Crippen LogP contribution < -0.4 is 0 Å². The number of fused-ring (bicyclic) bond motifs is 1. The van der Waals surface area contributed by atoms with Crippen LogP contribution >= 0.6 is 15.9 Å². The molecule has 3 rings (SSSR count). The SMILES string of the molecule is N#Cc1ccc(-c2cnc3ncc(Br)cn23)cc1. The van der Waals surface area contributed by atoms with E-state index in [1.807, 2.05) is 22.7 Å². The topological polar surface area (TPSA) is 54.0 Å². The van der Waals surface area contributed by atoms with Crippen molar-refractivity contribution in [3.8, 4) is 17.3 Å². The number of imidazole rings is 1. The molecule has 2 heterocycles. The minimum absolute atomic E-state index is 0.645. The first-order valence-electron chi connectivity index (χ1n) is 5.27. The van der Waals surface area contributed by atoms with Gasteiger partial charge in [-0.3, -0.25) is 4.40 Å². The van der Waals surface area contributed by atoms with Crippen molar-refractivity contribution in [2.24, 2.45) is 0 Å². The largest absolute Gasteiger partial charge is 0.283 e. The summed E-state index contributed by atoms with van der Waals surface area (Å²) in [4.78, 5) is 8.46. The van der Waals surface area contributed by atoms with Gasteiger partial charge in [-0.25, -0.2) is 9.97 Å². The molecule has 86 valence electrons. The molecule has 5 heteroatoms. The van der Waals surface area contributed by atoms with Crippen LogP contribution in [0.1, 0.15) is 5.56 Å². The van der Waals surface area contributed by atoms with Gasteiger partial charge in [-0.15, -0.1) is 0 Å². The molecular weight excluding hydrogens is 292 g/mol. The summed E-state index contributed by atoms with van der Waals surface area (Å²) >= 11 is 3.39. The van der Waals surface area contributed by atoms with Gasteiger partial charge in [0.15, 0.2) is 0 Å². The Labute approximate surface area is 112 Å². The summed E-state index contributed by atoms with van der Waals surface area (Å²) in [6.45, 7) is 0. The average molecular weight is 299 g/mol. The van der Waals surface area contributed by atoms with Gasteiger partial charge in [-0.2, -0.15) is 5.26 Å². The Hall–Kier alpha value is -2.19. The van der Waals surface area contributed by atoms with Crippen molar-refractivity contribution >= 4 is 21.7 Å². The van der Waals surface area contributed by atoms with Gasteiger partial charge in [-0.1, -0.05) is 12.1 Å². The van der Waals surface area contributed by atoms with Gasteiger partial charge in [0.1, 0.15) is 0 Å². The van der Waals surface area contributed by atoms with Crippen LogP contribution in [0.25, 0.3) is 17.0 Å². The molecule has 18 heavy (non-hydrogen) atoms. The van der Waals surface area contributed by atoms with Crippen LogP contribution in [0.5, 0.6) is 0 Å². The zero-order valence-electron chi connectivity index (χ0n) is 9.21. The summed E-state index contributed by atoms with van der Waals surface area (Å²) in [5.41, 5.74) is 2.59. The van der Waals surface area contributed by atoms with Crippen molar-refractivity contribution in [2.75, 3.05) is 0 Å². The molecule has 4 nitrogen and oxygen atoms in total. The number of hydrogen-bond acceptors (Lipinski definition) is 3. The maximum atomic E-state index is 8.78. The summed E-state index contributed by atoms with van der Waals surface area (Å²) < 4.78 is 2.80. The van der Waals surface area contributed by atoms with E-state index < -0.39 is 0 Å². The normalized spacial score (nSPS) is 10.4. The highest BCUT2D eigenvalue weighted by molar-refractivity contribution is 9.10. The molecule has 0 unspecified atom stereocenters. The molecule has 1 aromatic carbocycles. The molecule has 0 aliphatic rings. The summed E-state index contributed by atoms with van der Waals surface area (Å²) in [6.07, 6.45) is 5.41. The number of aromatic nitrogens is 3. The molecule has 0 saturated carbocycles. The standard InChI is InChI=1S/C13H7BrN4/c14-11-6-16-13-17-7-12(18(13)8-11)10-3-1-9(5-15)2-4-10/h1-4,6-8H. The molecule has 0 spiro atoms. The molecule has 0 aliphatic carbocycles. The highest BCUT2D eigenvalue weighted by Crippen LogP contribution is 2.21. The number of nitriles is 1. The molecule has 0 aliphatic heterocycles. The minimum atomic E-state index is 0.645. The maximum Gasteiger partial charge on any atom is 0.234 e. The second kappa shape index (κ2) is 4.24. The Morgan fingerprint density at radius 3 is 2.56 bits per heavy atom. The van der Waals surface area contributed by atoms with Crippen molar-refractivity contribution in [1.82, 2.24) is 14.4 Å². The van der Waals surface area contributed by atoms with Gasteiger partial charge < -0.3 is 0 Å². The van der Waals surface area contributed by atoms with Crippen molar-refractivity contribution in [3.05, 3.63) is 52.9 Å². The van der Waals surface area contributed by atoms with E-state index in [4.69, 9.17) is 5.26 Å². The molecule has 0 radical (unpaired) electrons. The lowest BCUT2D eigenvalue weighted by atomic mass is 10.1. The first-order valence-corrected chi connectivity index (χ1v) is 6.06. The fourth-order valence-electron chi connectivity index (χ4n) is 1.78. The molecular formula is C13H7BrN4. The van der Waals surface area contributed by atoms with E-state index in [0.29, 0.717) is 11.3 Å². The van der Waals surface area contributed by atoms with Gasteiger partial charge in [0.05, 0.1) is 28.0 Å². The second-order valence-corrected chi connectivity index (χ2v) is 4.69. The predicted molar refractivity (Wildman–Crippen MR) is 70.8 cm³/mol. The predicted octanol–water partition coefficient (Wildman–Crippen LogP) is 3.03. The number of benzene rings is 1. The molecule has 0 saturated heterocycles. The van der Waals surface area contributed by atoms with Gasteiger partial charge in [0.25, 0.3) is 0 Å². The van der Waals surface area contributed by atoms with E-state index in [9.17, 15) is 0 Å². The Morgan fingerprint density at radius 1 is 1.11 bits per heavy atom. The molecule has 0 N–H and O–H groups in total. The molecule has 2 aromatic heterocycles. The Kier molecular flexibility index (Phi) is 2.58. The lowest BCUT2D eigenvalue weighted by Gasteiger charge is -2.01. The highest BCUT2D eigenvalue weighted by Gasteiger charge is 2.06. The van der Waals surface area contributed by atoms with E-state index in [2.05, 4.69) is 32.0 Å². The fourth-order valence-corrected chi connectivity index (χ4v) is 2.09. The fraction of sp³-hybridized carbons (Fsp3) is 0. The quantitative estimate of drug-likeness (QED) is 0.694. The third kappa shape index (κ3) is 1.77. The zero-order valence-corrected chi connectivity index (χ0v) is 10.8. The Morgan fingerprint density at radius 2 is 1.83 bits per heavy atom. The lowest BCUT2D eigenvalue weighted by molar-refractivity contribution is 1.10. The Bertz CT molecular complexity index is 753. The van der Waals surface area contributed by atoms with Crippen molar-refractivity contribution in [1.29, 1.82) is 5.26 Å². The number of nitrogens with zero attached hydrogens (tertiary/aromatic N) is 4. The summed E-state index contributed by atoms with van der Waals surface area (Å²) in [5, 5.41) is 8.78. The monoisotopic (exact) mass is 298 g/mol. The third-order valence-electron chi connectivity index (χ3n) is 2.64. The summed E-state index contributed by atoms with van der Waals surface area (Å²) in [7, 11) is 0. The van der Waals surface area contributed by atoms with Gasteiger partial charge in [0, 0.05) is 18.0 Å². The van der Waals surface area contributed by atoms with Gasteiger partial charge in [-0.05, 0) is 28.1 Å². The van der Waals surface area contributed by atoms with E-state index in [1.54, 1.807) is 24.5 Å². The minimum Gasteiger partial charge on any atom is -0.283 e. The van der Waals surface area contributed by atoms with Crippen LogP contribution in [0.15, 0.2) is 47.3 Å². The van der Waals surface area contributed by atoms with Crippen LogP contribution in [-0.2, 0) is 0 Å². The van der Waals surface area contributed by atoms with Crippen LogP contribution in [0.3, 0.4) is 0 Å². The molecule has 0 bridgehead atoms. The van der Waals surface area contributed by atoms with Crippen molar-refractivity contribution in [3.63, 3.8) is 0 Å².